The Hall–Kier alpha value is -2.67. The molecule has 0 fully saturated rings. The highest BCUT2D eigenvalue weighted by Crippen LogP contribution is 2.30. The van der Waals surface area contributed by atoms with Crippen molar-refractivity contribution in [3.8, 4) is 0 Å². The molecule has 0 aliphatic heterocycles. The van der Waals surface area contributed by atoms with E-state index in [1.807, 2.05) is 24.3 Å². The van der Waals surface area contributed by atoms with Crippen LogP contribution in [0.1, 0.15) is 37.0 Å². The number of hydrogen-bond donors (Lipinski definition) is 3. The smallest absolute Gasteiger partial charge is 0.277 e. The van der Waals surface area contributed by atoms with Gasteiger partial charge in [-0.1, -0.05) is 18.2 Å². The Balaban J connectivity index is 1.45. The highest BCUT2D eigenvalue weighted by atomic mass is 32.1. The van der Waals surface area contributed by atoms with E-state index in [1.54, 1.807) is 6.07 Å². The van der Waals surface area contributed by atoms with Crippen LogP contribution in [0, 0.1) is 0 Å². The Labute approximate surface area is 135 Å². The van der Waals surface area contributed by atoms with Gasteiger partial charge in [0.2, 0.25) is 0 Å². The van der Waals surface area contributed by atoms with Crippen LogP contribution in [0.2, 0.25) is 0 Å². The molecule has 0 saturated heterocycles. The molecule has 1 aliphatic rings. The van der Waals surface area contributed by atoms with Crippen LogP contribution in [-0.4, -0.2) is 22.0 Å². The fourth-order valence-electron chi connectivity index (χ4n) is 2.81. The second-order valence-electron chi connectivity index (χ2n) is 5.44. The van der Waals surface area contributed by atoms with E-state index in [0.717, 1.165) is 24.8 Å². The summed E-state index contributed by atoms with van der Waals surface area (Å²) in [5, 5.41) is 7.51. The van der Waals surface area contributed by atoms with E-state index in [-0.39, 0.29) is 11.6 Å². The van der Waals surface area contributed by atoms with E-state index < -0.39 is 5.91 Å². The third-order valence-corrected chi connectivity index (χ3v) is 5.18. The Kier molecular flexibility index (Phi) is 3.34. The zero-order valence-electron chi connectivity index (χ0n) is 12.2. The predicted molar refractivity (Wildman–Crippen MR) is 87.4 cm³/mol. The lowest BCUT2D eigenvalue weighted by molar-refractivity contribution is 0.0847. The van der Waals surface area contributed by atoms with Crippen LogP contribution in [-0.2, 0) is 12.8 Å². The molecule has 0 atom stereocenters. The first-order valence-corrected chi connectivity index (χ1v) is 8.19. The van der Waals surface area contributed by atoms with Crippen LogP contribution in [0.25, 0.3) is 10.9 Å². The van der Waals surface area contributed by atoms with Crippen molar-refractivity contribution >= 4 is 34.1 Å². The molecule has 6 nitrogen and oxygen atoms in total. The minimum absolute atomic E-state index is 0.259. The van der Waals surface area contributed by atoms with Crippen molar-refractivity contribution in [1.82, 2.24) is 21.0 Å². The molecular weight excluding hydrogens is 312 g/mol. The quantitative estimate of drug-likeness (QED) is 0.631. The number of aromatic amines is 1. The summed E-state index contributed by atoms with van der Waals surface area (Å²) in [5.41, 5.74) is 7.17. The van der Waals surface area contributed by atoms with Crippen molar-refractivity contribution in [3.63, 3.8) is 0 Å². The van der Waals surface area contributed by atoms with Crippen molar-refractivity contribution in [1.29, 1.82) is 0 Å². The first-order valence-electron chi connectivity index (χ1n) is 7.38. The van der Waals surface area contributed by atoms with Gasteiger partial charge in [0, 0.05) is 10.3 Å². The second kappa shape index (κ2) is 5.51. The number of hydrazine groups is 1. The number of carbonyl (C=O) groups is 2. The monoisotopic (exact) mass is 326 g/mol. The first kappa shape index (κ1) is 14.0. The van der Waals surface area contributed by atoms with Gasteiger partial charge in [0.05, 0.1) is 10.4 Å². The van der Waals surface area contributed by atoms with Crippen LogP contribution in [0.15, 0.2) is 30.3 Å². The molecule has 1 aromatic carbocycles. The van der Waals surface area contributed by atoms with Crippen molar-refractivity contribution in [2.24, 2.45) is 0 Å². The number of thiophene rings is 1. The predicted octanol–water partition coefficient (Wildman–Crippen LogP) is 2.19. The van der Waals surface area contributed by atoms with Gasteiger partial charge in [-0.25, -0.2) is 0 Å². The molecule has 2 heterocycles. The zero-order chi connectivity index (χ0) is 15.8. The summed E-state index contributed by atoms with van der Waals surface area (Å²) in [5.74, 6) is -0.738. The van der Waals surface area contributed by atoms with Crippen molar-refractivity contribution < 1.29 is 9.59 Å². The minimum atomic E-state index is -0.445. The Bertz CT molecular complexity index is 890. The van der Waals surface area contributed by atoms with Crippen LogP contribution in [0.5, 0.6) is 0 Å². The number of aromatic nitrogens is 2. The van der Waals surface area contributed by atoms with Crippen LogP contribution < -0.4 is 10.9 Å². The summed E-state index contributed by atoms with van der Waals surface area (Å²) in [7, 11) is 0. The molecule has 0 spiro atoms. The number of fused-ring (bicyclic) bond motifs is 2. The van der Waals surface area contributed by atoms with Gasteiger partial charge in [-0.2, -0.15) is 5.10 Å². The molecular formula is C16H14N4O2S. The maximum absolute atomic E-state index is 12.2. The number of para-hydroxylation sites is 1. The van der Waals surface area contributed by atoms with E-state index in [2.05, 4.69) is 21.0 Å². The second-order valence-corrected chi connectivity index (χ2v) is 6.58. The number of H-pyrrole nitrogens is 1. The van der Waals surface area contributed by atoms with Gasteiger partial charge in [0.1, 0.15) is 0 Å². The maximum Gasteiger partial charge on any atom is 0.290 e. The number of hydrogen-bond acceptors (Lipinski definition) is 4. The van der Waals surface area contributed by atoms with Gasteiger partial charge in [0.25, 0.3) is 11.8 Å². The molecule has 23 heavy (non-hydrogen) atoms. The molecule has 4 rings (SSSR count). The summed E-state index contributed by atoms with van der Waals surface area (Å²) in [6.07, 6.45) is 3.23. The van der Waals surface area contributed by atoms with Gasteiger partial charge >= 0.3 is 0 Å². The largest absolute Gasteiger partial charge is 0.290 e. The normalized spacial score (nSPS) is 13.0. The zero-order valence-corrected chi connectivity index (χ0v) is 13.0. The van der Waals surface area contributed by atoms with Gasteiger partial charge in [-0.3, -0.25) is 25.5 Å². The van der Waals surface area contributed by atoms with E-state index in [1.165, 1.54) is 21.8 Å². The molecule has 0 radical (unpaired) electrons. The third kappa shape index (κ3) is 2.49. The van der Waals surface area contributed by atoms with Crippen LogP contribution in [0.3, 0.4) is 0 Å². The number of carbonyl (C=O) groups excluding carboxylic acids is 2. The van der Waals surface area contributed by atoms with E-state index in [4.69, 9.17) is 0 Å². The summed E-state index contributed by atoms with van der Waals surface area (Å²) in [6, 6.07) is 9.25. The van der Waals surface area contributed by atoms with Gasteiger partial charge in [-0.05, 0) is 37.0 Å². The van der Waals surface area contributed by atoms with Gasteiger partial charge < -0.3 is 0 Å². The topological polar surface area (TPSA) is 86.9 Å². The van der Waals surface area contributed by atoms with Crippen molar-refractivity contribution in [3.05, 3.63) is 51.3 Å². The van der Waals surface area contributed by atoms with E-state index in [9.17, 15) is 9.59 Å². The molecule has 2 amide bonds. The number of aryl methyl sites for hydroxylation is 2. The van der Waals surface area contributed by atoms with Crippen LogP contribution in [0.4, 0.5) is 0 Å². The lowest BCUT2D eigenvalue weighted by Crippen LogP contribution is -2.41. The van der Waals surface area contributed by atoms with E-state index >= 15 is 0 Å². The van der Waals surface area contributed by atoms with Gasteiger partial charge in [-0.15, -0.1) is 11.3 Å². The molecule has 1 aliphatic carbocycles. The summed E-state index contributed by atoms with van der Waals surface area (Å²) in [4.78, 5) is 26.2. The Morgan fingerprint density at radius 2 is 1.96 bits per heavy atom. The highest BCUT2D eigenvalue weighted by Gasteiger charge is 2.19. The molecule has 0 bridgehead atoms. The lowest BCUT2D eigenvalue weighted by atomic mass is 10.2. The number of nitrogens with one attached hydrogen (secondary N) is 3. The fourth-order valence-corrected chi connectivity index (χ4v) is 3.96. The van der Waals surface area contributed by atoms with Crippen molar-refractivity contribution in [2.75, 3.05) is 0 Å². The molecule has 3 aromatic rings. The Morgan fingerprint density at radius 1 is 1.13 bits per heavy atom. The first-order chi connectivity index (χ1) is 11.2. The maximum atomic E-state index is 12.2. The number of rotatable bonds is 2. The molecule has 3 N–H and O–H groups in total. The molecule has 0 unspecified atom stereocenters. The lowest BCUT2D eigenvalue weighted by Gasteiger charge is -2.04. The summed E-state index contributed by atoms with van der Waals surface area (Å²) < 4.78 is 0. The highest BCUT2D eigenvalue weighted by molar-refractivity contribution is 7.14. The number of amides is 2. The summed E-state index contributed by atoms with van der Waals surface area (Å²) >= 11 is 1.50. The van der Waals surface area contributed by atoms with Crippen molar-refractivity contribution in [2.45, 2.75) is 19.3 Å². The number of benzene rings is 1. The SMILES string of the molecule is O=C(NNC(=O)c1n[nH]c2ccccc12)c1cc2c(s1)CCC2. The third-order valence-electron chi connectivity index (χ3n) is 3.95. The average molecular weight is 326 g/mol. The van der Waals surface area contributed by atoms with E-state index in [0.29, 0.717) is 10.3 Å². The van der Waals surface area contributed by atoms with Gasteiger partial charge in [0.15, 0.2) is 5.69 Å². The molecule has 0 saturated carbocycles. The fraction of sp³-hybridized carbons (Fsp3) is 0.188. The van der Waals surface area contributed by atoms with Crippen LogP contribution >= 0.6 is 11.3 Å². The molecule has 7 heteroatoms. The molecule has 116 valence electrons. The molecule has 2 aromatic heterocycles. The standard InChI is InChI=1S/C16H14N4O2S/c21-15(13-8-9-4-3-7-12(9)23-13)19-20-16(22)14-10-5-1-2-6-11(10)17-18-14/h1-2,5-6,8H,3-4,7H2,(H,17,18)(H,19,21)(H,20,22). The average Bonchev–Trinajstić information content (AvgIpc) is 3.25. The Morgan fingerprint density at radius 3 is 2.83 bits per heavy atom. The minimum Gasteiger partial charge on any atom is -0.277 e. The number of nitrogens with zero attached hydrogens (tertiary/aromatic N) is 1. The summed E-state index contributed by atoms with van der Waals surface area (Å²) in [6.45, 7) is 0.